The first-order chi connectivity index (χ1) is 8.15. The first-order valence-corrected chi connectivity index (χ1v) is 6.91. The Balaban J connectivity index is 2.05. The SMILES string of the molecule is Cc1c(Cl)ccc2sc(N3CCC(N)C3)nc12. The van der Waals surface area contributed by atoms with Crippen molar-refractivity contribution in [3.05, 3.63) is 22.7 Å². The highest BCUT2D eigenvalue weighted by Gasteiger charge is 2.22. The summed E-state index contributed by atoms with van der Waals surface area (Å²) < 4.78 is 1.20. The summed E-state index contributed by atoms with van der Waals surface area (Å²) in [5.74, 6) is 0. The topological polar surface area (TPSA) is 42.1 Å². The predicted octanol–water partition coefficient (Wildman–Crippen LogP) is 2.80. The monoisotopic (exact) mass is 267 g/mol. The number of nitrogens with two attached hydrogens (primary N) is 1. The summed E-state index contributed by atoms with van der Waals surface area (Å²) in [5, 5.41) is 1.85. The van der Waals surface area contributed by atoms with E-state index in [-0.39, 0.29) is 6.04 Å². The maximum absolute atomic E-state index is 6.11. The molecule has 1 unspecified atom stereocenters. The van der Waals surface area contributed by atoms with Gasteiger partial charge in [-0.25, -0.2) is 4.98 Å². The van der Waals surface area contributed by atoms with E-state index in [1.807, 2.05) is 19.1 Å². The van der Waals surface area contributed by atoms with Gasteiger partial charge in [-0.15, -0.1) is 0 Å². The Morgan fingerprint density at radius 2 is 2.35 bits per heavy atom. The molecule has 0 spiro atoms. The van der Waals surface area contributed by atoms with Gasteiger partial charge in [-0.1, -0.05) is 22.9 Å². The zero-order chi connectivity index (χ0) is 12.0. The van der Waals surface area contributed by atoms with Gasteiger partial charge in [0.1, 0.15) is 0 Å². The van der Waals surface area contributed by atoms with Crippen molar-refractivity contribution < 1.29 is 0 Å². The summed E-state index contributed by atoms with van der Waals surface area (Å²) in [5.41, 5.74) is 8.02. The number of rotatable bonds is 1. The number of benzene rings is 1. The molecule has 1 aliphatic heterocycles. The van der Waals surface area contributed by atoms with Crippen LogP contribution in [-0.4, -0.2) is 24.1 Å². The van der Waals surface area contributed by atoms with Gasteiger partial charge in [0.15, 0.2) is 5.13 Å². The second kappa shape index (κ2) is 4.12. The molecule has 1 saturated heterocycles. The zero-order valence-corrected chi connectivity index (χ0v) is 11.2. The van der Waals surface area contributed by atoms with Crippen molar-refractivity contribution in [3.63, 3.8) is 0 Å². The van der Waals surface area contributed by atoms with Crippen LogP contribution < -0.4 is 10.6 Å². The van der Waals surface area contributed by atoms with Gasteiger partial charge in [0.2, 0.25) is 0 Å². The van der Waals surface area contributed by atoms with Crippen molar-refractivity contribution in [1.29, 1.82) is 0 Å². The van der Waals surface area contributed by atoms with Crippen LogP contribution in [0.15, 0.2) is 12.1 Å². The van der Waals surface area contributed by atoms with Crippen molar-refractivity contribution in [2.75, 3.05) is 18.0 Å². The van der Waals surface area contributed by atoms with Gasteiger partial charge in [-0.05, 0) is 31.0 Å². The summed E-state index contributed by atoms with van der Waals surface area (Å²) in [6.45, 7) is 3.93. The minimum Gasteiger partial charge on any atom is -0.346 e. The lowest BCUT2D eigenvalue weighted by Crippen LogP contribution is -2.26. The lowest BCUT2D eigenvalue weighted by Gasteiger charge is -2.12. The lowest BCUT2D eigenvalue weighted by atomic mass is 10.2. The van der Waals surface area contributed by atoms with E-state index in [1.54, 1.807) is 11.3 Å². The number of hydrogen-bond donors (Lipinski definition) is 1. The molecule has 3 rings (SSSR count). The van der Waals surface area contributed by atoms with Crippen molar-refractivity contribution >= 4 is 38.3 Å². The number of aromatic nitrogens is 1. The highest BCUT2D eigenvalue weighted by molar-refractivity contribution is 7.22. The summed E-state index contributed by atoms with van der Waals surface area (Å²) in [6, 6.07) is 4.27. The van der Waals surface area contributed by atoms with Gasteiger partial charge >= 0.3 is 0 Å². The standard InChI is InChI=1S/C12H14ClN3S/c1-7-9(13)2-3-10-11(7)15-12(17-10)16-5-4-8(14)6-16/h2-3,8H,4-6,14H2,1H3. The number of hydrogen-bond acceptors (Lipinski definition) is 4. The maximum atomic E-state index is 6.11. The highest BCUT2D eigenvalue weighted by atomic mass is 35.5. The average molecular weight is 268 g/mol. The molecule has 1 fully saturated rings. The summed E-state index contributed by atoms with van der Waals surface area (Å²) in [7, 11) is 0. The third kappa shape index (κ3) is 1.90. The number of nitrogens with zero attached hydrogens (tertiary/aromatic N) is 2. The van der Waals surface area contributed by atoms with Crippen LogP contribution in [0.2, 0.25) is 5.02 Å². The maximum Gasteiger partial charge on any atom is 0.186 e. The molecule has 3 nitrogen and oxygen atoms in total. The van der Waals surface area contributed by atoms with E-state index in [0.29, 0.717) is 0 Å². The summed E-state index contributed by atoms with van der Waals surface area (Å²) >= 11 is 7.83. The van der Waals surface area contributed by atoms with Crippen molar-refractivity contribution in [1.82, 2.24) is 4.98 Å². The van der Waals surface area contributed by atoms with E-state index < -0.39 is 0 Å². The Morgan fingerprint density at radius 3 is 3.06 bits per heavy atom. The second-order valence-corrected chi connectivity index (χ2v) is 5.93. The Hall–Kier alpha value is -0.840. The molecule has 0 bridgehead atoms. The quantitative estimate of drug-likeness (QED) is 0.864. The van der Waals surface area contributed by atoms with Crippen LogP contribution in [0.3, 0.4) is 0 Å². The number of thiazole rings is 1. The molecule has 2 heterocycles. The molecule has 2 aromatic rings. The fraction of sp³-hybridized carbons (Fsp3) is 0.417. The van der Waals surface area contributed by atoms with Gasteiger partial charge in [-0.3, -0.25) is 0 Å². The molecule has 1 aliphatic rings. The summed E-state index contributed by atoms with van der Waals surface area (Å²) in [6.07, 6.45) is 1.05. The van der Waals surface area contributed by atoms with Crippen LogP contribution in [0.25, 0.3) is 10.2 Å². The van der Waals surface area contributed by atoms with Crippen LogP contribution in [0.1, 0.15) is 12.0 Å². The van der Waals surface area contributed by atoms with Crippen molar-refractivity contribution in [2.45, 2.75) is 19.4 Å². The molecule has 1 atom stereocenters. The molecule has 0 saturated carbocycles. The molecule has 90 valence electrons. The predicted molar refractivity (Wildman–Crippen MR) is 74.2 cm³/mol. The van der Waals surface area contributed by atoms with Gasteiger partial charge in [0.05, 0.1) is 10.2 Å². The molecule has 1 aromatic heterocycles. The summed E-state index contributed by atoms with van der Waals surface area (Å²) in [4.78, 5) is 6.96. The van der Waals surface area contributed by atoms with Crippen molar-refractivity contribution in [2.24, 2.45) is 5.73 Å². The zero-order valence-electron chi connectivity index (χ0n) is 9.61. The number of fused-ring (bicyclic) bond motifs is 1. The molecular formula is C12H14ClN3S. The van der Waals surface area contributed by atoms with E-state index in [2.05, 4.69) is 4.90 Å². The van der Waals surface area contributed by atoms with Gasteiger partial charge in [0.25, 0.3) is 0 Å². The van der Waals surface area contributed by atoms with E-state index in [4.69, 9.17) is 22.3 Å². The molecule has 0 radical (unpaired) electrons. The molecular weight excluding hydrogens is 254 g/mol. The number of aryl methyl sites for hydroxylation is 1. The molecule has 0 amide bonds. The minimum absolute atomic E-state index is 0.284. The first-order valence-electron chi connectivity index (χ1n) is 5.71. The van der Waals surface area contributed by atoms with Gasteiger partial charge in [0, 0.05) is 24.2 Å². The largest absolute Gasteiger partial charge is 0.346 e. The van der Waals surface area contributed by atoms with E-state index in [0.717, 1.165) is 40.7 Å². The fourth-order valence-corrected chi connectivity index (χ4v) is 3.40. The van der Waals surface area contributed by atoms with Gasteiger partial charge in [-0.2, -0.15) is 0 Å². The van der Waals surface area contributed by atoms with Crippen LogP contribution in [0.4, 0.5) is 5.13 Å². The number of anilines is 1. The molecule has 5 heteroatoms. The van der Waals surface area contributed by atoms with Crippen LogP contribution in [0.5, 0.6) is 0 Å². The Morgan fingerprint density at radius 1 is 1.53 bits per heavy atom. The van der Waals surface area contributed by atoms with Crippen LogP contribution in [0, 0.1) is 6.92 Å². The highest BCUT2D eigenvalue weighted by Crippen LogP contribution is 2.34. The average Bonchev–Trinajstić information content (AvgIpc) is 2.90. The van der Waals surface area contributed by atoms with Gasteiger partial charge < -0.3 is 10.6 Å². The Kier molecular flexibility index (Phi) is 2.73. The van der Waals surface area contributed by atoms with Crippen molar-refractivity contribution in [3.8, 4) is 0 Å². The third-order valence-corrected chi connectivity index (χ3v) is 4.72. The Labute approximate surface area is 109 Å². The smallest absolute Gasteiger partial charge is 0.186 e. The second-order valence-electron chi connectivity index (χ2n) is 4.51. The molecule has 0 aliphatic carbocycles. The fourth-order valence-electron chi connectivity index (χ4n) is 2.19. The van der Waals surface area contributed by atoms with E-state index in [9.17, 15) is 0 Å². The Bertz CT molecular complexity index is 566. The normalized spacial score (nSPS) is 20.4. The van der Waals surface area contributed by atoms with E-state index in [1.165, 1.54) is 4.70 Å². The molecule has 17 heavy (non-hydrogen) atoms. The van der Waals surface area contributed by atoms with Crippen LogP contribution >= 0.6 is 22.9 Å². The molecule has 2 N–H and O–H groups in total. The first kappa shape index (κ1) is 11.3. The lowest BCUT2D eigenvalue weighted by molar-refractivity contribution is 0.752. The minimum atomic E-state index is 0.284. The van der Waals surface area contributed by atoms with Crippen LogP contribution in [-0.2, 0) is 0 Å². The van der Waals surface area contributed by atoms with E-state index >= 15 is 0 Å². The number of halogens is 1. The molecule has 1 aromatic carbocycles. The third-order valence-electron chi connectivity index (χ3n) is 3.23.